The zero-order chi connectivity index (χ0) is 19.6. The van der Waals surface area contributed by atoms with E-state index in [-0.39, 0.29) is 36.0 Å². The second-order valence-corrected chi connectivity index (χ2v) is 7.15. The Morgan fingerprint density at radius 1 is 1.31 bits per heavy atom. The number of guanidine groups is 1. The Balaban J connectivity index is 0.00000300. The summed E-state index contributed by atoms with van der Waals surface area (Å²) in [5.74, 6) is 1.03. The van der Waals surface area contributed by atoms with E-state index in [0.29, 0.717) is 13.0 Å². The number of aliphatic imine (C=N–C) groups is 1. The zero-order valence-electron chi connectivity index (χ0n) is 17.2. The lowest BCUT2D eigenvalue weighted by molar-refractivity contribution is -0.117. The molecule has 3 rings (SSSR count). The molecule has 7 nitrogen and oxygen atoms in total. The minimum Gasteiger partial charge on any atom is -0.379 e. The Hall–Kier alpha value is -1.39. The van der Waals surface area contributed by atoms with E-state index in [0.717, 1.165) is 75.9 Å². The average Bonchev–Trinajstić information content (AvgIpc) is 3.38. The summed E-state index contributed by atoms with van der Waals surface area (Å²) in [7, 11) is 0. The Morgan fingerprint density at radius 2 is 2.14 bits per heavy atom. The van der Waals surface area contributed by atoms with Crippen LogP contribution in [0.4, 0.5) is 5.69 Å². The van der Waals surface area contributed by atoms with Gasteiger partial charge in [-0.25, -0.2) is 4.99 Å². The lowest BCUT2D eigenvalue weighted by Gasteiger charge is -2.16. The minimum absolute atomic E-state index is 0. The van der Waals surface area contributed by atoms with Crippen LogP contribution in [0.3, 0.4) is 0 Å². The van der Waals surface area contributed by atoms with Crippen LogP contribution in [0.5, 0.6) is 0 Å². The number of hydrogen-bond donors (Lipinski definition) is 2. The van der Waals surface area contributed by atoms with Gasteiger partial charge in [0.05, 0.1) is 19.3 Å². The number of rotatable bonds is 9. The normalized spacial score (nSPS) is 19.3. The van der Waals surface area contributed by atoms with Crippen LogP contribution in [0.25, 0.3) is 0 Å². The summed E-state index contributed by atoms with van der Waals surface area (Å²) in [4.78, 5) is 18.4. The van der Waals surface area contributed by atoms with E-state index >= 15 is 0 Å². The Morgan fingerprint density at radius 3 is 2.79 bits per heavy atom. The van der Waals surface area contributed by atoms with Gasteiger partial charge in [0.25, 0.3) is 0 Å². The van der Waals surface area contributed by atoms with E-state index in [1.54, 1.807) is 0 Å². The lowest BCUT2D eigenvalue weighted by atomic mass is 10.2. The van der Waals surface area contributed by atoms with Crippen molar-refractivity contribution in [3.63, 3.8) is 0 Å². The van der Waals surface area contributed by atoms with Crippen molar-refractivity contribution >= 4 is 41.5 Å². The Bertz CT molecular complexity index is 648. The SMILES string of the molecule is CCNC(=NCc1ccc(N2CCCC2=O)cc1)NCCCOC1CCOC1.I. The van der Waals surface area contributed by atoms with Gasteiger partial charge >= 0.3 is 0 Å². The van der Waals surface area contributed by atoms with Crippen LogP contribution >= 0.6 is 24.0 Å². The fourth-order valence-electron chi connectivity index (χ4n) is 3.39. The molecule has 162 valence electrons. The van der Waals surface area contributed by atoms with Crippen LogP contribution in [0.2, 0.25) is 0 Å². The first-order valence-electron chi connectivity index (χ1n) is 10.4. The van der Waals surface area contributed by atoms with Crippen molar-refractivity contribution in [2.75, 3.05) is 44.4 Å². The molecule has 1 aromatic rings. The predicted octanol–water partition coefficient (Wildman–Crippen LogP) is 2.68. The summed E-state index contributed by atoms with van der Waals surface area (Å²) in [5.41, 5.74) is 2.10. The summed E-state index contributed by atoms with van der Waals surface area (Å²) in [6, 6.07) is 8.12. The highest BCUT2D eigenvalue weighted by atomic mass is 127. The van der Waals surface area contributed by atoms with Crippen LogP contribution in [0, 0.1) is 0 Å². The number of halogens is 1. The number of nitrogens with one attached hydrogen (secondary N) is 2. The molecule has 0 aromatic heterocycles. The Kier molecular flexibility index (Phi) is 10.7. The first kappa shape index (κ1) is 23.9. The maximum Gasteiger partial charge on any atom is 0.227 e. The number of carbonyl (C=O) groups is 1. The van der Waals surface area contributed by atoms with Crippen molar-refractivity contribution in [2.24, 2.45) is 4.99 Å². The fraction of sp³-hybridized carbons (Fsp3) is 0.619. The summed E-state index contributed by atoms with van der Waals surface area (Å²) in [6.07, 6.45) is 3.80. The smallest absolute Gasteiger partial charge is 0.227 e. The van der Waals surface area contributed by atoms with E-state index < -0.39 is 0 Å². The summed E-state index contributed by atoms with van der Waals surface area (Å²) < 4.78 is 11.1. The number of carbonyl (C=O) groups excluding carboxylic acids is 1. The molecule has 29 heavy (non-hydrogen) atoms. The van der Waals surface area contributed by atoms with E-state index in [4.69, 9.17) is 9.47 Å². The number of hydrogen-bond acceptors (Lipinski definition) is 4. The minimum atomic E-state index is 0. The molecule has 2 fully saturated rings. The second-order valence-electron chi connectivity index (χ2n) is 7.15. The molecule has 2 aliphatic heterocycles. The lowest BCUT2D eigenvalue weighted by Crippen LogP contribution is -2.38. The molecule has 2 N–H and O–H groups in total. The molecular formula is C21H33IN4O3. The van der Waals surface area contributed by atoms with E-state index in [1.807, 2.05) is 29.2 Å². The standard InChI is InChI=1S/C21H32N4O3.HI/c1-2-22-21(23-11-4-13-28-19-10-14-27-16-19)24-15-17-6-8-18(9-7-17)25-12-3-5-20(25)26;/h6-9,19H,2-5,10-16H2,1H3,(H2,22,23,24);1H. The third kappa shape index (κ3) is 7.75. The van der Waals surface area contributed by atoms with Gasteiger partial charge in [-0.2, -0.15) is 0 Å². The highest BCUT2D eigenvalue weighted by molar-refractivity contribution is 14.0. The van der Waals surface area contributed by atoms with Gasteiger partial charge in [0, 0.05) is 45.0 Å². The van der Waals surface area contributed by atoms with Crippen LogP contribution in [-0.2, 0) is 20.8 Å². The molecule has 2 aliphatic rings. The van der Waals surface area contributed by atoms with Gasteiger partial charge in [-0.1, -0.05) is 12.1 Å². The van der Waals surface area contributed by atoms with Gasteiger partial charge in [-0.3, -0.25) is 4.79 Å². The molecule has 1 aromatic carbocycles. The maximum atomic E-state index is 11.8. The fourth-order valence-corrected chi connectivity index (χ4v) is 3.39. The summed E-state index contributed by atoms with van der Waals surface area (Å²) in [5, 5.41) is 6.63. The average molecular weight is 516 g/mol. The summed E-state index contributed by atoms with van der Waals surface area (Å²) >= 11 is 0. The molecule has 1 unspecified atom stereocenters. The number of ether oxygens (including phenoxy) is 2. The topological polar surface area (TPSA) is 75.2 Å². The molecular weight excluding hydrogens is 483 g/mol. The predicted molar refractivity (Wildman–Crippen MR) is 126 cm³/mol. The third-order valence-electron chi connectivity index (χ3n) is 4.94. The Labute approximate surface area is 190 Å². The quantitative estimate of drug-likeness (QED) is 0.229. The van der Waals surface area contributed by atoms with Crippen molar-refractivity contribution in [3.05, 3.63) is 29.8 Å². The first-order chi connectivity index (χ1) is 13.8. The van der Waals surface area contributed by atoms with E-state index in [2.05, 4.69) is 22.5 Å². The maximum absolute atomic E-state index is 11.8. The molecule has 1 atom stereocenters. The number of benzene rings is 1. The van der Waals surface area contributed by atoms with Crippen molar-refractivity contribution in [2.45, 2.75) is 45.3 Å². The molecule has 0 aliphatic carbocycles. The van der Waals surface area contributed by atoms with Gasteiger partial charge in [-0.15, -0.1) is 24.0 Å². The highest BCUT2D eigenvalue weighted by Gasteiger charge is 2.21. The van der Waals surface area contributed by atoms with Crippen molar-refractivity contribution in [1.29, 1.82) is 0 Å². The molecule has 8 heteroatoms. The number of nitrogens with zero attached hydrogens (tertiary/aromatic N) is 2. The van der Waals surface area contributed by atoms with Crippen molar-refractivity contribution in [1.82, 2.24) is 10.6 Å². The van der Waals surface area contributed by atoms with Gasteiger partial charge in [0.1, 0.15) is 0 Å². The van der Waals surface area contributed by atoms with Gasteiger partial charge in [0.2, 0.25) is 5.91 Å². The van der Waals surface area contributed by atoms with Gasteiger partial charge < -0.3 is 25.0 Å². The molecule has 0 bridgehead atoms. The molecule has 0 saturated carbocycles. The molecule has 2 heterocycles. The molecule has 2 saturated heterocycles. The van der Waals surface area contributed by atoms with Crippen LogP contribution in [-0.4, -0.2) is 57.4 Å². The van der Waals surface area contributed by atoms with Crippen LogP contribution in [0.1, 0.15) is 38.2 Å². The highest BCUT2D eigenvalue weighted by Crippen LogP contribution is 2.21. The van der Waals surface area contributed by atoms with Gasteiger partial charge in [0.15, 0.2) is 5.96 Å². The zero-order valence-corrected chi connectivity index (χ0v) is 19.5. The molecule has 0 radical (unpaired) electrons. The largest absolute Gasteiger partial charge is 0.379 e. The second kappa shape index (κ2) is 13.0. The van der Waals surface area contributed by atoms with E-state index in [1.165, 1.54) is 0 Å². The van der Waals surface area contributed by atoms with Crippen molar-refractivity contribution < 1.29 is 14.3 Å². The summed E-state index contributed by atoms with van der Waals surface area (Å²) in [6.45, 7) is 7.38. The van der Waals surface area contributed by atoms with Gasteiger partial charge in [-0.05, 0) is 43.9 Å². The van der Waals surface area contributed by atoms with Crippen LogP contribution in [0.15, 0.2) is 29.3 Å². The monoisotopic (exact) mass is 516 g/mol. The number of anilines is 1. The first-order valence-corrected chi connectivity index (χ1v) is 10.4. The van der Waals surface area contributed by atoms with E-state index in [9.17, 15) is 4.79 Å². The molecule has 1 amide bonds. The van der Waals surface area contributed by atoms with Crippen LogP contribution < -0.4 is 15.5 Å². The molecule has 0 spiro atoms. The third-order valence-corrected chi connectivity index (χ3v) is 4.94. The van der Waals surface area contributed by atoms with Crippen molar-refractivity contribution in [3.8, 4) is 0 Å². The number of amides is 1.